The summed E-state index contributed by atoms with van der Waals surface area (Å²) in [6.07, 6.45) is 1.94. The van der Waals surface area contributed by atoms with Crippen molar-refractivity contribution in [3.63, 3.8) is 0 Å². The summed E-state index contributed by atoms with van der Waals surface area (Å²) in [4.78, 5) is 25.2. The fraction of sp³-hybridized carbons (Fsp3) is 0.318. The van der Waals surface area contributed by atoms with Gasteiger partial charge in [-0.1, -0.05) is 23.7 Å². The second kappa shape index (κ2) is 10.5. The van der Waals surface area contributed by atoms with Gasteiger partial charge in [-0.15, -0.1) is 0 Å². The summed E-state index contributed by atoms with van der Waals surface area (Å²) < 4.78 is 18.2. The maximum atomic E-state index is 13.1. The molecule has 0 bridgehead atoms. The van der Waals surface area contributed by atoms with E-state index in [4.69, 9.17) is 16.3 Å². The van der Waals surface area contributed by atoms with Crippen molar-refractivity contribution in [3.8, 4) is 5.75 Å². The van der Waals surface area contributed by atoms with Gasteiger partial charge in [-0.3, -0.25) is 14.9 Å². The van der Waals surface area contributed by atoms with Crippen LogP contribution < -0.4 is 10.1 Å². The van der Waals surface area contributed by atoms with E-state index in [1.54, 1.807) is 12.1 Å². The van der Waals surface area contributed by atoms with E-state index in [9.17, 15) is 24.4 Å². The van der Waals surface area contributed by atoms with Crippen molar-refractivity contribution in [1.82, 2.24) is 10.2 Å². The molecule has 8 nitrogen and oxygen atoms in total. The Balaban J connectivity index is 1.78. The molecule has 0 saturated carbocycles. The van der Waals surface area contributed by atoms with Gasteiger partial charge < -0.3 is 20.1 Å². The van der Waals surface area contributed by atoms with Crippen LogP contribution in [0.2, 0.25) is 5.02 Å². The molecule has 2 aromatic rings. The number of carbonyl (C=O) groups excluding carboxylic acids is 1. The second-order valence-corrected chi connectivity index (χ2v) is 7.74. The van der Waals surface area contributed by atoms with Gasteiger partial charge in [0, 0.05) is 38.2 Å². The zero-order valence-corrected chi connectivity index (χ0v) is 18.1. The van der Waals surface area contributed by atoms with Gasteiger partial charge in [-0.2, -0.15) is 0 Å². The number of methoxy groups -OCH3 is 1. The van der Waals surface area contributed by atoms with Gasteiger partial charge in [0.2, 0.25) is 5.91 Å². The Morgan fingerprint density at radius 1 is 1.44 bits per heavy atom. The summed E-state index contributed by atoms with van der Waals surface area (Å²) in [6, 6.07) is 7.87. The van der Waals surface area contributed by atoms with Crippen LogP contribution in [0, 0.1) is 15.9 Å². The zero-order valence-electron chi connectivity index (χ0n) is 17.3. The number of piperazine rings is 1. The monoisotopic (exact) mass is 463 g/mol. The number of benzene rings is 2. The summed E-state index contributed by atoms with van der Waals surface area (Å²) in [5, 5.41) is 25.4. The van der Waals surface area contributed by atoms with E-state index in [0.29, 0.717) is 19.6 Å². The van der Waals surface area contributed by atoms with Gasteiger partial charge in [-0.05, 0) is 29.8 Å². The molecule has 1 fully saturated rings. The van der Waals surface area contributed by atoms with Gasteiger partial charge in [0.05, 0.1) is 34.8 Å². The first-order chi connectivity index (χ1) is 15.3. The molecular formula is C22H23ClFN3O5. The summed E-state index contributed by atoms with van der Waals surface area (Å²) in [5.74, 6) is -0.505. The van der Waals surface area contributed by atoms with Crippen LogP contribution in [0.5, 0.6) is 5.75 Å². The smallest absolute Gasteiger partial charge is 0.278 e. The summed E-state index contributed by atoms with van der Waals surface area (Å²) in [5.41, 5.74) is 0.660. The first-order valence-electron chi connectivity index (χ1n) is 9.94. The van der Waals surface area contributed by atoms with Crippen LogP contribution in [-0.4, -0.2) is 59.7 Å². The zero-order chi connectivity index (χ0) is 23.3. The van der Waals surface area contributed by atoms with Crippen LogP contribution >= 0.6 is 11.6 Å². The Hall–Kier alpha value is -3.01. The highest BCUT2D eigenvalue weighted by Crippen LogP contribution is 2.33. The van der Waals surface area contributed by atoms with Crippen LogP contribution in [0.4, 0.5) is 10.1 Å². The van der Waals surface area contributed by atoms with Crippen molar-refractivity contribution in [2.75, 3.05) is 26.7 Å². The molecule has 32 heavy (non-hydrogen) atoms. The standard InChI is InChI=1S/C22H23ClFN3O5/c1-32-21-11-15(18(27(30)31)12-17(21)23)4-7-22(29)26-9-8-25-13-19(26)20(28)10-14-2-5-16(24)6-3-14/h2-7,11-12,19-20,25,28H,8-10,13H2,1H3. The van der Waals surface area contributed by atoms with Gasteiger partial charge in [0.15, 0.2) is 0 Å². The van der Waals surface area contributed by atoms with E-state index in [0.717, 1.165) is 5.56 Å². The molecule has 2 unspecified atom stereocenters. The third kappa shape index (κ3) is 5.61. The fourth-order valence-electron chi connectivity index (χ4n) is 3.60. The predicted molar refractivity (Wildman–Crippen MR) is 118 cm³/mol. The summed E-state index contributed by atoms with van der Waals surface area (Å²) in [6.45, 7) is 1.30. The number of nitro benzene ring substituents is 1. The molecule has 2 aromatic carbocycles. The van der Waals surface area contributed by atoms with E-state index in [1.807, 2.05) is 0 Å². The number of hydrogen-bond acceptors (Lipinski definition) is 6. The van der Waals surface area contributed by atoms with Crippen molar-refractivity contribution < 1.29 is 24.0 Å². The average molecular weight is 464 g/mol. The van der Waals surface area contributed by atoms with E-state index < -0.39 is 23.0 Å². The van der Waals surface area contributed by atoms with E-state index in [2.05, 4.69) is 5.32 Å². The molecule has 2 N–H and O–H groups in total. The molecule has 1 heterocycles. The number of ether oxygens (including phenoxy) is 1. The SMILES string of the molecule is COc1cc(C=CC(=O)N2CCNCC2C(O)Cc2ccc(F)cc2)c([N+](=O)[O-])cc1Cl. The van der Waals surface area contributed by atoms with Crippen molar-refractivity contribution in [2.45, 2.75) is 18.6 Å². The third-order valence-corrected chi connectivity index (χ3v) is 5.57. The number of nitro groups is 1. The lowest BCUT2D eigenvalue weighted by Gasteiger charge is -2.38. The van der Waals surface area contributed by atoms with Crippen molar-refractivity contribution in [2.24, 2.45) is 0 Å². The molecule has 0 aliphatic carbocycles. The number of nitrogens with one attached hydrogen (secondary N) is 1. The van der Waals surface area contributed by atoms with Gasteiger partial charge in [0.25, 0.3) is 5.69 Å². The Bertz CT molecular complexity index is 1020. The number of carbonyl (C=O) groups is 1. The first-order valence-corrected chi connectivity index (χ1v) is 10.3. The van der Waals surface area contributed by atoms with Crippen LogP contribution in [0.25, 0.3) is 6.08 Å². The minimum absolute atomic E-state index is 0.0914. The lowest BCUT2D eigenvalue weighted by Crippen LogP contribution is -2.58. The number of nitrogens with zero attached hydrogens (tertiary/aromatic N) is 2. The van der Waals surface area contributed by atoms with Crippen molar-refractivity contribution in [1.29, 1.82) is 0 Å². The van der Waals surface area contributed by atoms with Gasteiger partial charge in [0.1, 0.15) is 11.6 Å². The molecule has 0 aromatic heterocycles. The van der Waals surface area contributed by atoms with Crippen molar-refractivity contribution in [3.05, 3.63) is 74.6 Å². The number of aliphatic hydroxyl groups is 1. The highest BCUT2D eigenvalue weighted by Gasteiger charge is 2.31. The molecule has 1 amide bonds. The third-order valence-electron chi connectivity index (χ3n) is 5.27. The average Bonchev–Trinajstić information content (AvgIpc) is 2.79. The van der Waals surface area contributed by atoms with Crippen LogP contribution in [0.1, 0.15) is 11.1 Å². The van der Waals surface area contributed by atoms with E-state index >= 15 is 0 Å². The predicted octanol–water partition coefficient (Wildman–Crippen LogP) is 2.81. The maximum Gasteiger partial charge on any atom is 0.278 e. The number of amides is 1. The van der Waals surface area contributed by atoms with Gasteiger partial charge >= 0.3 is 0 Å². The molecule has 1 aliphatic heterocycles. The lowest BCUT2D eigenvalue weighted by atomic mass is 9.99. The highest BCUT2D eigenvalue weighted by atomic mass is 35.5. The van der Waals surface area contributed by atoms with Crippen molar-refractivity contribution >= 4 is 29.3 Å². The summed E-state index contributed by atoms with van der Waals surface area (Å²) >= 11 is 5.97. The molecule has 0 radical (unpaired) electrons. The van der Waals surface area contributed by atoms with E-state index in [1.165, 1.54) is 48.4 Å². The molecule has 10 heteroatoms. The van der Waals surface area contributed by atoms with Crippen LogP contribution in [0.3, 0.4) is 0 Å². The number of hydrogen-bond donors (Lipinski definition) is 2. The molecule has 1 aliphatic rings. The number of halogens is 2. The summed E-state index contributed by atoms with van der Waals surface area (Å²) in [7, 11) is 1.39. The van der Waals surface area contributed by atoms with Gasteiger partial charge in [-0.25, -0.2) is 4.39 Å². The number of aliphatic hydroxyl groups excluding tert-OH is 1. The van der Waals surface area contributed by atoms with E-state index in [-0.39, 0.29) is 34.3 Å². The first kappa shape index (κ1) is 23.6. The number of rotatable bonds is 7. The highest BCUT2D eigenvalue weighted by molar-refractivity contribution is 6.32. The molecule has 1 saturated heterocycles. The normalized spacial score (nSPS) is 17.4. The Kier molecular flexibility index (Phi) is 7.79. The largest absolute Gasteiger partial charge is 0.495 e. The Labute approximate surface area is 189 Å². The molecular weight excluding hydrogens is 441 g/mol. The van der Waals surface area contributed by atoms with Crippen LogP contribution in [0.15, 0.2) is 42.5 Å². The molecule has 170 valence electrons. The molecule has 2 atom stereocenters. The quantitative estimate of drug-likeness (QED) is 0.371. The Morgan fingerprint density at radius 2 is 2.16 bits per heavy atom. The Morgan fingerprint density at radius 3 is 2.81 bits per heavy atom. The minimum Gasteiger partial charge on any atom is -0.495 e. The second-order valence-electron chi connectivity index (χ2n) is 7.34. The maximum absolute atomic E-state index is 13.1. The topological polar surface area (TPSA) is 105 Å². The lowest BCUT2D eigenvalue weighted by molar-refractivity contribution is -0.385. The van der Waals surface area contributed by atoms with Crippen LogP contribution in [-0.2, 0) is 11.2 Å². The molecule has 3 rings (SSSR count). The fourth-order valence-corrected chi connectivity index (χ4v) is 3.84. The molecule has 0 spiro atoms. The minimum atomic E-state index is -0.879.